The monoisotopic (exact) mass is 263 g/mol. The Bertz CT molecular complexity index is 397. The summed E-state index contributed by atoms with van der Waals surface area (Å²) in [7, 11) is 3.37. The third kappa shape index (κ3) is 3.56. The molecule has 0 aromatic heterocycles. The lowest BCUT2D eigenvalue weighted by Crippen LogP contribution is -2.49. The normalized spacial score (nSPS) is 24.3. The molecule has 0 radical (unpaired) electrons. The first kappa shape index (κ1) is 14.5. The van der Waals surface area contributed by atoms with Crippen LogP contribution in [-0.4, -0.2) is 32.6 Å². The first-order valence-corrected chi connectivity index (χ1v) is 7.02. The van der Waals surface area contributed by atoms with Gasteiger partial charge in [-0.2, -0.15) is 0 Å². The Morgan fingerprint density at radius 2 is 1.89 bits per heavy atom. The Balaban J connectivity index is 1.80. The number of ether oxygens (including phenoxy) is 2. The smallest absolute Gasteiger partial charge is 0.171 e. The maximum absolute atomic E-state index is 5.27. The van der Waals surface area contributed by atoms with Gasteiger partial charge in [0.15, 0.2) is 6.29 Å². The first-order valence-electron chi connectivity index (χ1n) is 7.02. The molecule has 0 heterocycles. The molecule has 106 valence electrons. The molecule has 1 saturated carbocycles. The summed E-state index contributed by atoms with van der Waals surface area (Å²) in [5, 5.41) is 3.58. The number of methoxy groups -OCH3 is 2. The van der Waals surface area contributed by atoms with Crippen LogP contribution < -0.4 is 5.32 Å². The van der Waals surface area contributed by atoms with Crippen LogP contribution >= 0.6 is 0 Å². The van der Waals surface area contributed by atoms with E-state index in [0.717, 1.165) is 0 Å². The van der Waals surface area contributed by atoms with Crippen molar-refractivity contribution in [3.05, 3.63) is 35.4 Å². The minimum Gasteiger partial charge on any atom is -0.354 e. The number of hydrogen-bond acceptors (Lipinski definition) is 3. The Kier molecular flexibility index (Phi) is 4.97. The van der Waals surface area contributed by atoms with Gasteiger partial charge in [-0.1, -0.05) is 29.8 Å². The number of nitrogens with one attached hydrogen (secondary N) is 1. The molecule has 1 fully saturated rings. The molecule has 1 aliphatic rings. The molecule has 3 heteroatoms. The fraction of sp³-hybridized carbons (Fsp3) is 0.625. The van der Waals surface area contributed by atoms with E-state index in [1.165, 1.54) is 24.0 Å². The summed E-state index contributed by atoms with van der Waals surface area (Å²) in [6.45, 7) is 4.26. The van der Waals surface area contributed by atoms with Gasteiger partial charge in [-0.25, -0.2) is 0 Å². The molecule has 0 saturated heterocycles. The maximum Gasteiger partial charge on any atom is 0.171 e. The Hall–Kier alpha value is -0.900. The summed E-state index contributed by atoms with van der Waals surface area (Å²) in [4.78, 5) is 0. The molecule has 1 unspecified atom stereocenters. The van der Waals surface area contributed by atoms with E-state index in [1.807, 2.05) is 0 Å². The van der Waals surface area contributed by atoms with Crippen LogP contribution in [0.3, 0.4) is 0 Å². The van der Waals surface area contributed by atoms with Gasteiger partial charge in [0.1, 0.15) is 0 Å². The van der Waals surface area contributed by atoms with E-state index in [-0.39, 0.29) is 12.3 Å². The summed E-state index contributed by atoms with van der Waals surface area (Å²) in [5.74, 6) is 0.702. The molecule has 1 aromatic carbocycles. The summed E-state index contributed by atoms with van der Waals surface area (Å²) < 4.78 is 10.5. The zero-order valence-electron chi connectivity index (χ0n) is 12.3. The van der Waals surface area contributed by atoms with E-state index in [9.17, 15) is 0 Å². The summed E-state index contributed by atoms with van der Waals surface area (Å²) in [6.07, 6.45) is 2.24. The molecule has 0 amide bonds. The average molecular weight is 263 g/mol. The van der Waals surface area contributed by atoms with Crippen molar-refractivity contribution in [1.82, 2.24) is 5.32 Å². The zero-order valence-corrected chi connectivity index (χ0v) is 12.3. The van der Waals surface area contributed by atoms with Crippen LogP contribution in [-0.2, 0) is 9.47 Å². The molecular formula is C16H25NO2. The third-order valence-corrected chi connectivity index (χ3v) is 4.02. The van der Waals surface area contributed by atoms with Crippen LogP contribution in [0, 0.1) is 6.92 Å². The van der Waals surface area contributed by atoms with Gasteiger partial charge in [0, 0.05) is 20.3 Å². The molecule has 1 aromatic rings. The predicted molar refractivity (Wildman–Crippen MR) is 77.3 cm³/mol. The highest BCUT2D eigenvalue weighted by atomic mass is 16.7. The van der Waals surface area contributed by atoms with Crippen molar-refractivity contribution in [1.29, 1.82) is 0 Å². The van der Waals surface area contributed by atoms with Crippen molar-refractivity contribution >= 4 is 0 Å². The zero-order chi connectivity index (χ0) is 13.8. The molecule has 1 atom stereocenters. The molecule has 3 nitrogen and oxygen atoms in total. The largest absolute Gasteiger partial charge is 0.354 e. The third-order valence-electron chi connectivity index (χ3n) is 4.02. The van der Waals surface area contributed by atoms with E-state index < -0.39 is 0 Å². The van der Waals surface area contributed by atoms with Crippen molar-refractivity contribution in [2.45, 2.75) is 51.0 Å². The van der Waals surface area contributed by atoms with Crippen molar-refractivity contribution in [2.24, 2.45) is 0 Å². The molecule has 0 aliphatic heterocycles. The van der Waals surface area contributed by atoms with E-state index >= 15 is 0 Å². The number of hydrogen-bond donors (Lipinski definition) is 1. The SMILES string of the molecule is COC(OC)C(C)NC1CC(c2cccc(C)c2)C1. The maximum atomic E-state index is 5.27. The number of benzene rings is 1. The van der Waals surface area contributed by atoms with Gasteiger partial charge >= 0.3 is 0 Å². The molecule has 0 spiro atoms. The fourth-order valence-electron chi connectivity index (χ4n) is 2.90. The molecule has 2 rings (SSSR count). The molecule has 19 heavy (non-hydrogen) atoms. The second-order valence-corrected chi connectivity index (χ2v) is 5.57. The van der Waals surface area contributed by atoms with Crippen LogP contribution in [0.2, 0.25) is 0 Å². The second-order valence-electron chi connectivity index (χ2n) is 5.57. The van der Waals surface area contributed by atoms with E-state index in [2.05, 4.69) is 43.4 Å². The highest BCUT2D eigenvalue weighted by Crippen LogP contribution is 2.37. The van der Waals surface area contributed by atoms with Gasteiger partial charge in [-0.05, 0) is 38.2 Å². The lowest BCUT2D eigenvalue weighted by atomic mass is 9.75. The van der Waals surface area contributed by atoms with Gasteiger partial charge in [0.2, 0.25) is 0 Å². The molecule has 0 bridgehead atoms. The predicted octanol–water partition coefficient (Wildman–Crippen LogP) is 2.84. The fourth-order valence-corrected chi connectivity index (χ4v) is 2.90. The molecular weight excluding hydrogens is 238 g/mol. The van der Waals surface area contributed by atoms with E-state index in [4.69, 9.17) is 9.47 Å². The lowest BCUT2D eigenvalue weighted by Gasteiger charge is -2.39. The van der Waals surface area contributed by atoms with Crippen molar-refractivity contribution in [3.8, 4) is 0 Å². The van der Waals surface area contributed by atoms with Gasteiger partial charge < -0.3 is 14.8 Å². The summed E-state index contributed by atoms with van der Waals surface area (Å²) >= 11 is 0. The Labute approximate surface area is 116 Å². The van der Waals surface area contributed by atoms with Crippen LogP contribution in [0.1, 0.15) is 36.8 Å². The second kappa shape index (κ2) is 6.51. The minimum absolute atomic E-state index is 0.169. The Morgan fingerprint density at radius 3 is 2.47 bits per heavy atom. The van der Waals surface area contributed by atoms with Gasteiger partial charge in [0.25, 0.3) is 0 Å². The van der Waals surface area contributed by atoms with E-state index in [0.29, 0.717) is 12.0 Å². The summed E-state index contributed by atoms with van der Waals surface area (Å²) in [5.41, 5.74) is 2.82. The highest BCUT2D eigenvalue weighted by molar-refractivity contribution is 5.27. The van der Waals surface area contributed by atoms with Gasteiger partial charge in [0.05, 0.1) is 6.04 Å². The van der Waals surface area contributed by atoms with Crippen LogP contribution in [0.25, 0.3) is 0 Å². The highest BCUT2D eigenvalue weighted by Gasteiger charge is 2.32. The standard InChI is InChI=1S/C16H25NO2/c1-11-6-5-7-13(8-11)14-9-15(10-14)17-12(2)16(18-3)19-4/h5-8,12,14-17H,9-10H2,1-4H3. The minimum atomic E-state index is -0.169. The van der Waals surface area contributed by atoms with Crippen molar-refractivity contribution in [3.63, 3.8) is 0 Å². The topological polar surface area (TPSA) is 30.5 Å². The summed E-state index contributed by atoms with van der Waals surface area (Å²) in [6, 6.07) is 9.65. The Morgan fingerprint density at radius 1 is 1.21 bits per heavy atom. The molecule has 1 N–H and O–H groups in total. The number of rotatable bonds is 6. The number of aryl methyl sites for hydroxylation is 1. The first-order chi connectivity index (χ1) is 9.13. The van der Waals surface area contributed by atoms with Crippen LogP contribution in [0.15, 0.2) is 24.3 Å². The van der Waals surface area contributed by atoms with Gasteiger partial charge in [-0.15, -0.1) is 0 Å². The van der Waals surface area contributed by atoms with Crippen LogP contribution in [0.4, 0.5) is 0 Å². The van der Waals surface area contributed by atoms with Crippen LogP contribution in [0.5, 0.6) is 0 Å². The van der Waals surface area contributed by atoms with E-state index in [1.54, 1.807) is 14.2 Å². The lowest BCUT2D eigenvalue weighted by molar-refractivity contribution is -0.122. The quantitative estimate of drug-likeness (QED) is 0.801. The average Bonchev–Trinajstić information content (AvgIpc) is 2.34. The molecule has 1 aliphatic carbocycles. The van der Waals surface area contributed by atoms with Gasteiger partial charge in [-0.3, -0.25) is 0 Å². The van der Waals surface area contributed by atoms with Crippen molar-refractivity contribution in [2.75, 3.05) is 14.2 Å². The van der Waals surface area contributed by atoms with Crippen molar-refractivity contribution < 1.29 is 9.47 Å².